The smallest absolute Gasteiger partial charge is 0.251 e. The number of nitrogens with two attached hydrogens (primary N) is 1. The van der Waals surface area contributed by atoms with Crippen molar-refractivity contribution in [1.82, 2.24) is 10.2 Å². The molecule has 0 fully saturated rings. The molecule has 0 heterocycles. The van der Waals surface area contributed by atoms with Crippen LogP contribution in [0.15, 0.2) is 24.3 Å². The standard InChI is InChI=1S/C15H19N3O2/c1-3-18(2)14(19)11-17-15(20)13-8-6-12(7-9-13)5-4-10-16/h6-9H,3,10-11,16H2,1-2H3,(H,17,20). The highest BCUT2D eigenvalue weighted by molar-refractivity contribution is 5.96. The van der Waals surface area contributed by atoms with Gasteiger partial charge in [-0.3, -0.25) is 9.59 Å². The average molecular weight is 273 g/mol. The Morgan fingerprint density at radius 1 is 1.30 bits per heavy atom. The molecule has 0 atom stereocenters. The van der Waals surface area contributed by atoms with Crippen molar-refractivity contribution in [2.75, 3.05) is 26.7 Å². The molecule has 0 saturated heterocycles. The number of likely N-dealkylation sites (N-methyl/N-ethyl adjacent to an activating group) is 1. The van der Waals surface area contributed by atoms with Gasteiger partial charge in [0.15, 0.2) is 0 Å². The monoisotopic (exact) mass is 273 g/mol. The summed E-state index contributed by atoms with van der Waals surface area (Å²) < 4.78 is 0. The zero-order valence-corrected chi connectivity index (χ0v) is 11.8. The van der Waals surface area contributed by atoms with Gasteiger partial charge in [0, 0.05) is 24.7 Å². The van der Waals surface area contributed by atoms with E-state index in [0.717, 1.165) is 5.56 Å². The van der Waals surface area contributed by atoms with Crippen LogP contribution < -0.4 is 11.1 Å². The number of nitrogens with one attached hydrogen (secondary N) is 1. The average Bonchev–Trinajstić information content (AvgIpc) is 2.49. The summed E-state index contributed by atoms with van der Waals surface area (Å²) in [6, 6.07) is 6.84. The third-order valence-corrected chi connectivity index (χ3v) is 2.78. The normalized spacial score (nSPS) is 9.35. The lowest BCUT2D eigenvalue weighted by molar-refractivity contribution is -0.128. The second-order valence-electron chi connectivity index (χ2n) is 4.17. The highest BCUT2D eigenvalue weighted by Crippen LogP contribution is 2.03. The Kier molecular flexibility index (Phi) is 6.27. The Morgan fingerprint density at radius 3 is 2.50 bits per heavy atom. The molecule has 1 aromatic carbocycles. The Hall–Kier alpha value is -2.32. The maximum atomic E-state index is 11.8. The molecule has 5 heteroatoms. The number of hydrogen-bond donors (Lipinski definition) is 2. The molecule has 0 aliphatic carbocycles. The lowest BCUT2D eigenvalue weighted by Crippen LogP contribution is -2.37. The third kappa shape index (κ3) is 4.75. The first-order chi connectivity index (χ1) is 9.58. The molecular formula is C15H19N3O2. The number of benzene rings is 1. The number of carbonyl (C=O) groups is 2. The first-order valence-electron chi connectivity index (χ1n) is 6.39. The van der Waals surface area contributed by atoms with Gasteiger partial charge < -0.3 is 16.0 Å². The highest BCUT2D eigenvalue weighted by Gasteiger charge is 2.10. The van der Waals surface area contributed by atoms with Crippen molar-refractivity contribution in [3.8, 4) is 11.8 Å². The molecule has 1 rings (SSSR count). The maximum absolute atomic E-state index is 11.8. The number of rotatable bonds is 4. The number of amides is 2. The minimum Gasteiger partial charge on any atom is -0.345 e. The van der Waals surface area contributed by atoms with Gasteiger partial charge in [-0.2, -0.15) is 0 Å². The minimum absolute atomic E-state index is 0.00208. The Balaban J connectivity index is 2.58. The molecule has 0 radical (unpaired) electrons. The van der Waals surface area contributed by atoms with Crippen LogP contribution in [0.3, 0.4) is 0 Å². The van der Waals surface area contributed by atoms with E-state index in [-0.39, 0.29) is 18.4 Å². The molecule has 20 heavy (non-hydrogen) atoms. The molecule has 2 amide bonds. The van der Waals surface area contributed by atoms with Crippen LogP contribution in [0.25, 0.3) is 0 Å². The summed E-state index contributed by atoms with van der Waals surface area (Å²) in [5.41, 5.74) is 6.58. The molecule has 5 nitrogen and oxygen atoms in total. The molecular weight excluding hydrogens is 254 g/mol. The zero-order valence-electron chi connectivity index (χ0n) is 11.8. The van der Waals surface area contributed by atoms with E-state index in [0.29, 0.717) is 18.7 Å². The second-order valence-corrected chi connectivity index (χ2v) is 4.17. The fourth-order valence-corrected chi connectivity index (χ4v) is 1.43. The van der Waals surface area contributed by atoms with Crippen molar-refractivity contribution >= 4 is 11.8 Å². The van der Waals surface area contributed by atoms with Crippen molar-refractivity contribution in [1.29, 1.82) is 0 Å². The zero-order chi connectivity index (χ0) is 15.0. The Bertz CT molecular complexity index is 526. The summed E-state index contributed by atoms with van der Waals surface area (Å²) in [6.07, 6.45) is 0. The number of nitrogens with zero attached hydrogens (tertiary/aromatic N) is 1. The van der Waals surface area contributed by atoms with Crippen LogP contribution in [0.2, 0.25) is 0 Å². The summed E-state index contributed by atoms with van der Waals surface area (Å²) in [7, 11) is 1.69. The van der Waals surface area contributed by atoms with Crippen LogP contribution in [0.4, 0.5) is 0 Å². The minimum atomic E-state index is -0.277. The summed E-state index contributed by atoms with van der Waals surface area (Å²) in [6.45, 7) is 2.79. The van der Waals surface area contributed by atoms with Gasteiger partial charge in [-0.15, -0.1) is 0 Å². The van der Waals surface area contributed by atoms with Crippen LogP contribution >= 0.6 is 0 Å². The van der Waals surface area contributed by atoms with Crippen molar-refractivity contribution < 1.29 is 9.59 Å². The Morgan fingerprint density at radius 2 is 1.95 bits per heavy atom. The molecule has 1 aromatic rings. The summed E-state index contributed by atoms with van der Waals surface area (Å²) in [5, 5.41) is 2.59. The predicted molar refractivity (Wildman–Crippen MR) is 78.0 cm³/mol. The van der Waals surface area contributed by atoms with E-state index in [1.165, 1.54) is 0 Å². The van der Waals surface area contributed by atoms with E-state index in [1.54, 1.807) is 36.2 Å². The predicted octanol–water partition coefficient (Wildman–Crippen LogP) is 0.205. The van der Waals surface area contributed by atoms with E-state index >= 15 is 0 Å². The lowest BCUT2D eigenvalue weighted by Gasteiger charge is -2.14. The van der Waals surface area contributed by atoms with Crippen molar-refractivity contribution in [3.63, 3.8) is 0 Å². The van der Waals surface area contributed by atoms with Gasteiger partial charge in [-0.05, 0) is 31.2 Å². The molecule has 0 unspecified atom stereocenters. The summed E-state index contributed by atoms with van der Waals surface area (Å²) in [4.78, 5) is 25.0. The van der Waals surface area contributed by atoms with E-state index in [2.05, 4.69) is 17.2 Å². The van der Waals surface area contributed by atoms with Gasteiger partial charge in [-0.1, -0.05) is 11.8 Å². The second kappa shape index (κ2) is 7.97. The fraction of sp³-hybridized carbons (Fsp3) is 0.333. The lowest BCUT2D eigenvalue weighted by atomic mass is 10.1. The van der Waals surface area contributed by atoms with Crippen molar-refractivity contribution in [2.24, 2.45) is 5.73 Å². The fourth-order valence-electron chi connectivity index (χ4n) is 1.43. The van der Waals surface area contributed by atoms with Crippen LogP contribution in [-0.2, 0) is 4.79 Å². The topological polar surface area (TPSA) is 75.4 Å². The molecule has 0 saturated carbocycles. The van der Waals surface area contributed by atoms with Crippen LogP contribution in [-0.4, -0.2) is 43.4 Å². The van der Waals surface area contributed by atoms with Crippen molar-refractivity contribution in [3.05, 3.63) is 35.4 Å². The number of carbonyl (C=O) groups excluding carboxylic acids is 2. The molecule has 3 N–H and O–H groups in total. The van der Waals surface area contributed by atoms with Gasteiger partial charge >= 0.3 is 0 Å². The van der Waals surface area contributed by atoms with E-state index < -0.39 is 0 Å². The van der Waals surface area contributed by atoms with Gasteiger partial charge in [0.05, 0.1) is 13.1 Å². The maximum Gasteiger partial charge on any atom is 0.251 e. The van der Waals surface area contributed by atoms with Gasteiger partial charge in [0.1, 0.15) is 0 Å². The largest absolute Gasteiger partial charge is 0.345 e. The third-order valence-electron chi connectivity index (χ3n) is 2.78. The summed E-state index contributed by atoms with van der Waals surface area (Å²) in [5.74, 6) is 5.22. The van der Waals surface area contributed by atoms with E-state index in [9.17, 15) is 9.59 Å². The molecule has 0 aliphatic heterocycles. The van der Waals surface area contributed by atoms with Gasteiger partial charge in [0.25, 0.3) is 5.91 Å². The highest BCUT2D eigenvalue weighted by atomic mass is 16.2. The van der Waals surface area contributed by atoms with Crippen LogP contribution in [0, 0.1) is 11.8 Å². The quantitative estimate of drug-likeness (QED) is 0.770. The molecule has 0 spiro atoms. The van der Waals surface area contributed by atoms with Gasteiger partial charge in [-0.25, -0.2) is 0 Å². The molecule has 0 bridgehead atoms. The number of hydrogen-bond acceptors (Lipinski definition) is 3. The van der Waals surface area contributed by atoms with Crippen LogP contribution in [0.5, 0.6) is 0 Å². The van der Waals surface area contributed by atoms with E-state index in [1.807, 2.05) is 6.92 Å². The van der Waals surface area contributed by atoms with Gasteiger partial charge in [0.2, 0.25) is 5.91 Å². The van der Waals surface area contributed by atoms with Crippen molar-refractivity contribution in [2.45, 2.75) is 6.92 Å². The SMILES string of the molecule is CCN(C)C(=O)CNC(=O)c1ccc(C#CCN)cc1. The molecule has 0 aliphatic rings. The van der Waals surface area contributed by atoms with E-state index in [4.69, 9.17) is 5.73 Å². The Labute approximate surface area is 119 Å². The molecule has 106 valence electrons. The summed E-state index contributed by atoms with van der Waals surface area (Å²) >= 11 is 0. The van der Waals surface area contributed by atoms with Crippen LogP contribution in [0.1, 0.15) is 22.8 Å². The first kappa shape index (κ1) is 15.7. The first-order valence-corrected chi connectivity index (χ1v) is 6.39. The molecule has 0 aromatic heterocycles.